The van der Waals surface area contributed by atoms with Crippen LogP contribution in [0.1, 0.15) is 174 Å². The Kier molecular flexibility index (Phi) is 31.8. The highest BCUT2D eigenvalue weighted by Crippen LogP contribution is 2.43. The fourth-order valence-electron chi connectivity index (χ4n) is 5.19. The number of carbonyl (C=O) groups excluding carboxylic acids is 1. The molecule has 46 heavy (non-hydrogen) atoms. The summed E-state index contributed by atoms with van der Waals surface area (Å²) >= 11 is 0. The highest BCUT2D eigenvalue weighted by molar-refractivity contribution is 7.47. The molecule has 274 valence electrons. The van der Waals surface area contributed by atoms with Gasteiger partial charge in [-0.1, -0.05) is 155 Å². The molecule has 1 unspecified atom stereocenters. The number of phosphoric acid groups is 1. The monoisotopic (exact) mass is 679 g/mol. The minimum Gasteiger partial charge on any atom is -0.480 e. The maximum absolute atomic E-state index is 12.5. The molecule has 0 aliphatic heterocycles. The third-order valence-corrected chi connectivity index (χ3v) is 9.09. The lowest BCUT2D eigenvalue weighted by molar-refractivity contribution is -0.154. The predicted molar refractivity (Wildman–Crippen MR) is 185 cm³/mol. The van der Waals surface area contributed by atoms with Gasteiger partial charge in [-0.05, 0) is 12.8 Å². The van der Waals surface area contributed by atoms with Crippen LogP contribution in [0.3, 0.4) is 0 Å². The number of carboxylic acids is 1. The van der Waals surface area contributed by atoms with Crippen LogP contribution >= 0.6 is 7.82 Å². The Balaban J connectivity index is 4.29. The first kappa shape index (κ1) is 45.0. The number of hydrogen-bond donors (Lipinski definition) is 3. The van der Waals surface area contributed by atoms with Gasteiger partial charge < -0.3 is 25.2 Å². The Bertz CT molecular complexity index is 756. The average Bonchev–Trinajstić information content (AvgIpc) is 3.03. The molecule has 0 fully saturated rings. The van der Waals surface area contributed by atoms with Crippen molar-refractivity contribution in [2.75, 3.05) is 26.4 Å². The second-order valence-corrected chi connectivity index (χ2v) is 14.2. The maximum Gasteiger partial charge on any atom is 0.472 e. The molecule has 0 amide bonds. The molecule has 0 aliphatic carbocycles. The van der Waals surface area contributed by atoms with Gasteiger partial charge in [0.15, 0.2) is 0 Å². The zero-order valence-corrected chi connectivity index (χ0v) is 30.3. The molecular formula is C35H70NO9P. The van der Waals surface area contributed by atoms with Crippen molar-refractivity contribution >= 4 is 19.8 Å². The number of hydrogen-bond acceptors (Lipinski definition) is 8. The van der Waals surface area contributed by atoms with Crippen molar-refractivity contribution in [1.82, 2.24) is 0 Å². The van der Waals surface area contributed by atoms with E-state index in [1.807, 2.05) is 0 Å². The largest absolute Gasteiger partial charge is 0.480 e. The normalized spacial score (nSPS) is 14.2. The molecule has 0 rings (SSSR count). The number of rotatable bonds is 36. The zero-order chi connectivity index (χ0) is 34.1. The fourth-order valence-corrected chi connectivity index (χ4v) is 5.97. The quantitative estimate of drug-likeness (QED) is 0.0331. The van der Waals surface area contributed by atoms with Crippen molar-refractivity contribution in [3.05, 3.63) is 0 Å². The van der Waals surface area contributed by atoms with Crippen LogP contribution < -0.4 is 5.73 Å². The summed E-state index contributed by atoms with van der Waals surface area (Å²) in [5.41, 5.74) is 5.33. The summed E-state index contributed by atoms with van der Waals surface area (Å²) in [7, 11) is -4.60. The Morgan fingerprint density at radius 2 is 1.00 bits per heavy atom. The highest BCUT2D eigenvalue weighted by atomic mass is 31.2. The first-order valence-electron chi connectivity index (χ1n) is 18.6. The molecule has 0 aromatic rings. The van der Waals surface area contributed by atoms with Gasteiger partial charge in [-0.3, -0.25) is 18.6 Å². The van der Waals surface area contributed by atoms with Crippen molar-refractivity contribution in [2.45, 2.75) is 187 Å². The summed E-state index contributed by atoms with van der Waals surface area (Å²) in [4.78, 5) is 33.3. The van der Waals surface area contributed by atoms with Crippen LogP contribution in [0.4, 0.5) is 0 Å². The fraction of sp³-hybridized carbons (Fsp3) is 0.943. The minimum atomic E-state index is -4.60. The number of esters is 1. The number of carboxylic acid groups (broad SMARTS) is 1. The van der Waals surface area contributed by atoms with E-state index in [-0.39, 0.29) is 13.0 Å². The van der Waals surface area contributed by atoms with Gasteiger partial charge in [-0.2, -0.15) is 0 Å². The molecule has 0 aromatic heterocycles. The lowest BCUT2D eigenvalue weighted by Gasteiger charge is -2.20. The van der Waals surface area contributed by atoms with Crippen LogP contribution in [-0.2, 0) is 32.7 Å². The van der Waals surface area contributed by atoms with E-state index in [0.29, 0.717) is 6.61 Å². The SMILES string of the molecule is CCCCCCCCCCCCCCOC[C@H](COP(=O)(O)OC[C@H](N)C(=O)O)OC(=O)CCCCCCCCCCCCCC. The van der Waals surface area contributed by atoms with Crippen molar-refractivity contribution in [3.63, 3.8) is 0 Å². The molecule has 0 saturated carbocycles. The van der Waals surface area contributed by atoms with Gasteiger partial charge in [0, 0.05) is 13.0 Å². The van der Waals surface area contributed by atoms with Gasteiger partial charge >= 0.3 is 19.8 Å². The van der Waals surface area contributed by atoms with E-state index in [0.717, 1.165) is 38.5 Å². The van der Waals surface area contributed by atoms with Crippen molar-refractivity contribution in [3.8, 4) is 0 Å². The second-order valence-electron chi connectivity index (χ2n) is 12.7. The van der Waals surface area contributed by atoms with Crippen LogP contribution in [0.15, 0.2) is 0 Å². The van der Waals surface area contributed by atoms with Gasteiger partial charge in [0.2, 0.25) is 0 Å². The van der Waals surface area contributed by atoms with Gasteiger partial charge in [0.1, 0.15) is 12.1 Å². The number of unbranched alkanes of at least 4 members (excludes halogenated alkanes) is 22. The Labute approximate surface area is 280 Å². The topological polar surface area (TPSA) is 155 Å². The van der Waals surface area contributed by atoms with Crippen molar-refractivity contribution < 1.29 is 42.7 Å². The molecule has 0 spiro atoms. The van der Waals surface area contributed by atoms with E-state index in [1.165, 1.54) is 116 Å². The van der Waals surface area contributed by atoms with Crippen LogP contribution in [0.25, 0.3) is 0 Å². The van der Waals surface area contributed by atoms with E-state index in [9.17, 15) is 19.0 Å². The van der Waals surface area contributed by atoms with E-state index >= 15 is 0 Å². The summed E-state index contributed by atoms with van der Waals surface area (Å²) < 4.78 is 33.1. The molecule has 4 N–H and O–H groups in total. The van der Waals surface area contributed by atoms with Crippen molar-refractivity contribution in [2.24, 2.45) is 5.73 Å². The van der Waals surface area contributed by atoms with E-state index in [4.69, 9.17) is 24.8 Å². The molecule has 0 heterocycles. The van der Waals surface area contributed by atoms with Gasteiger partial charge in [0.25, 0.3) is 0 Å². The maximum atomic E-state index is 12.5. The molecule has 0 aliphatic rings. The van der Waals surface area contributed by atoms with E-state index in [2.05, 4.69) is 18.4 Å². The summed E-state index contributed by atoms with van der Waals surface area (Å²) in [5.74, 6) is -1.77. The molecule has 3 atom stereocenters. The molecular weight excluding hydrogens is 609 g/mol. The number of phosphoric ester groups is 1. The summed E-state index contributed by atoms with van der Waals surface area (Å²) in [5, 5.41) is 8.85. The molecule has 10 nitrogen and oxygen atoms in total. The highest BCUT2D eigenvalue weighted by Gasteiger charge is 2.27. The summed E-state index contributed by atoms with van der Waals surface area (Å²) in [6.45, 7) is 3.88. The Morgan fingerprint density at radius 1 is 0.609 bits per heavy atom. The minimum absolute atomic E-state index is 0.0247. The Hall–Kier alpha value is -1.03. The van der Waals surface area contributed by atoms with Crippen LogP contribution in [-0.4, -0.2) is 60.5 Å². The average molecular weight is 680 g/mol. The first-order valence-corrected chi connectivity index (χ1v) is 20.1. The standard InChI is InChI=1S/C35H70NO9P/c1-3-5-7-9-11-13-15-17-19-21-23-25-27-34(37)45-32(30-43-46(40,41)44-31-33(36)35(38)39)29-42-28-26-24-22-20-18-16-14-12-10-8-6-4-2/h32-33H,3-31,36H2,1-2H3,(H,38,39)(H,40,41)/t32-,33+/m1/s1. The smallest absolute Gasteiger partial charge is 0.472 e. The third kappa shape index (κ3) is 31.6. The molecule has 0 saturated heterocycles. The van der Waals surface area contributed by atoms with Crippen LogP contribution in [0.5, 0.6) is 0 Å². The van der Waals surface area contributed by atoms with Gasteiger partial charge in [-0.25, -0.2) is 4.57 Å². The third-order valence-electron chi connectivity index (χ3n) is 8.14. The predicted octanol–water partition coefficient (Wildman–Crippen LogP) is 9.25. The number of carbonyl (C=O) groups is 2. The number of nitrogens with two attached hydrogens (primary N) is 1. The first-order chi connectivity index (χ1) is 22.2. The summed E-state index contributed by atoms with van der Waals surface area (Å²) in [6, 6.07) is -1.47. The molecule has 0 bridgehead atoms. The van der Waals surface area contributed by atoms with Gasteiger partial charge in [-0.15, -0.1) is 0 Å². The number of aliphatic carboxylic acids is 1. The zero-order valence-electron chi connectivity index (χ0n) is 29.4. The molecule has 11 heteroatoms. The lowest BCUT2D eigenvalue weighted by atomic mass is 10.0. The van der Waals surface area contributed by atoms with Crippen LogP contribution in [0, 0.1) is 0 Å². The number of ether oxygens (including phenoxy) is 2. The van der Waals surface area contributed by atoms with Crippen LogP contribution in [0.2, 0.25) is 0 Å². The Morgan fingerprint density at radius 3 is 1.43 bits per heavy atom. The summed E-state index contributed by atoms with van der Waals surface area (Å²) in [6.07, 6.45) is 28.6. The van der Waals surface area contributed by atoms with Gasteiger partial charge in [0.05, 0.1) is 19.8 Å². The molecule has 0 aromatic carbocycles. The van der Waals surface area contributed by atoms with Crippen molar-refractivity contribution in [1.29, 1.82) is 0 Å². The lowest BCUT2D eigenvalue weighted by Crippen LogP contribution is -2.34. The van der Waals surface area contributed by atoms with E-state index < -0.39 is 45.1 Å². The second kappa shape index (κ2) is 32.5. The van der Waals surface area contributed by atoms with E-state index in [1.54, 1.807) is 0 Å². The molecule has 0 radical (unpaired) electrons.